The number of rotatable bonds is 3. The van der Waals surface area contributed by atoms with Crippen LogP contribution in [0, 0.1) is 0 Å². The molecular formula is C12H20N4O2S. The number of carbonyl (C=O) groups excluding carboxylic acids is 1. The van der Waals surface area contributed by atoms with Gasteiger partial charge in [0.15, 0.2) is 5.82 Å². The molecule has 6 nitrogen and oxygen atoms in total. The highest BCUT2D eigenvalue weighted by atomic mass is 32.1. The second-order valence-corrected chi connectivity index (χ2v) is 5.76. The third-order valence-electron chi connectivity index (χ3n) is 3.59. The zero-order valence-corrected chi connectivity index (χ0v) is 12.3. The first-order valence-electron chi connectivity index (χ1n) is 6.28. The fraction of sp³-hybridized carbons (Fsp3) is 0.667. The second kappa shape index (κ2) is 5.34. The Hall–Kier alpha value is -1.34. The van der Waals surface area contributed by atoms with Crippen molar-refractivity contribution in [1.29, 1.82) is 0 Å². The van der Waals surface area contributed by atoms with Crippen LogP contribution in [0.5, 0.6) is 0 Å². The Morgan fingerprint density at radius 2 is 2.37 bits per heavy atom. The van der Waals surface area contributed by atoms with Crippen molar-refractivity contribution >= 4 is 28.3 Å². The highest BCUT2D eigenvalue weighted by molar-refractivity contribution is 7.11. The van der Waals surface area contributed by atoms with E-state index in [-0.39, 0.29) is 11.5 Å². The van der Waals surface area contributed by atoms with Crippen LogP contribution in [0.3, 0.4) is 0 Å². The summed E-state index contributed by atoms with van der Waals surface area (Å²) in [7, 11) is 3.32. The van der Waals surface area contributed by atoms with Crippen LogP contribution in [0.1, 0.15) is 30.1 Å². The van der Waals surface area contributed by atoms with E-state index in [2.05, 4.69) is 21.5 Å². The van der Waals surface area contributed by atoms with Gasteiger partial charge in [0.25, 0.3) is 5.91 Å². The van der Waals surface area contributed by atoms with Crippen molar-refractivity contribution < 1.29 is 9.53 Å². The lowest BCUT2D eigenvalue weighted by molar-refractivity contribution is -0.00455. The van der Waals surface area contributed by atoms with Crippen molar-refractivity contribution in [2.75, 3.05) is 37.9 Å². The average molecular weight is 284 g/mol. The number of ether oxygens (including phenoxy) is 1. The maximum atomic E-state index is 11.9. The molecule has 1 aromatic rings. The van der Waals surface area contributed by atoms with E-state index >= 15 is 0 Å². The fourth-order valence-corrected chi connectivity index (χ4v) is 3.23. The molecule has 1 atom stereocenters. The Balaban J connectivity index is 2.29. The standard InChI is InChI=1S/C12H20N4O2S/c1-12(18-3)5-4-6-16(7-12)11-8(10(17)14-2)9(13)15-19-11/h4-7H2,1-3H3,(H2,13,15)(H,14,17). The van der Waals surface area contributed by atoms with E-state index in [1.54, 1.807) is 14.2 Å². The minimum atomic E-state index is -0.189. The summed E-state index contributed by atoms with van der Waals surface area (Å²) in [5.74, 6) is 0.106. The molecule has 0 radical (unpaired) electrons. The molecule has 1 saturated heterocycles. The molecule has 1 aliphatic rings. The quantitative estimate of drug-likeness (QED) is 0.868. The molecule has 106 valence electrons. The first kappa shape index (κ1) is 14.1. The monoisotopic (exact) mass is 284 g/mol. The number of carbonyl (C=O) groups is 1. The summed E-state index contributed by atoms with van der Waals surface area (Å²) in [6.45, 7) is 3.73. The van der Waals surface area contributed by atoms with E-state index in [0.717, 1.165) is 30.9 Å². The number of anilines is 2. The fourth-order valence-electron chi connectivity index (χ4n) is 2.39. The van der Waals surface area contributed by atoms with Gasteiger partial charge in [-0.1, -0.05) is 0 Å². The third-order valence-corrected chi connectivity index (χ3v) is 4.52. The molecule has 1 aromatic heterocycles. The zero-order chi connectivity index (χ0) is 14.0. The molecule has 19 heavy (non-hydrogen) atoms. The summed E-state index contributed by atoms with van der Waals surface area (Å²) >= 11 is 1.27. The number of amides is 1. The Morgan fingerprint density at radius 1 is 1.63 bits per heavy atom. The smallest absolute Gasteiger partial charge is 0.257 e. The molecule has 0 saturated carbocycles. The Bertz CT molecular complexity index is 476. The van der Waals surface area contributed by atoms with Gasteiger partial charge in [-0.25, -0.2) is 0 Å². The van der Waals surface area contributed by atoms with E-state index < -0.39 is 0 Å². The van der Waals surface area contributed by atoms with Crippen LogP contribution in [0.25, 0.3) is 0 Å². The number of nitrogens with two attached hydrogens (primary N) is 1. The van der Waals surface area contributed by atoms with Gasteiger partial charge in [0.05, 0.1) is 5.60 Å². The van der Waals surface area contributed by atoms with Crippen molar-refractivity contribution in [3.8, 4) is 0 Å². The number of nitrogen functional groups attached to an aromatic ring is 1. The van der Waals surface area contributed by atoms with E-state index in [1.165, 1.54) is 11.5 Å². The number of nitrogens with zero attached hydrogens (tertiary/aromatic N) is 2. The van der Waals surface area contributed by atoms with E-state index in [0.29, 0.717) is 11.4 Å². The van der Waals surface area contributed by atoms with Crippen molar-refractivity contribution in [3.05, 3.63) is 5.56 Å². The summed E-state index contributed by atoms with van der Waals surface area (Å²) in [6.07, 6.45) is 2.04. The Morgan fingerprint density at radius 3 is 3.00 bits per heavy atom. The summed E-state index contributed by atoms with van der Waals surface area (Å²) in [4.78, 5) is 14.1. The third kappa shape index (κ3) is 2.66. The number of methoxy groups -OCH3 is 1. The Labute approximate surface area is 117 Å². The lowest BCUT2D eigenvalue weighted by atomic mass is 9.95. The van der Waals surface area contributed by atoms with Gasteiger partial charge in [-0.3, -0.25) is 4.79 Å². The van der Waals surface area contributed by atoms with Crippen molar-refractivity contribution in [2.45, 2.75) is 25.4 Å². The molecular weight excluding hydrogens is 264 g/mol. The molecule has 2 rings (SSSR count). The second-order valence-electron chi connectivity index (χ2n) is 5.01. The highest BCUT2D eigenvalue weighted by Gasteiger charge is 2.33. The summed E-state index contributed by atoms with van der Waals surface area (Å²) in [6, 6.07) is 0. The van der Waals surface area contributed by atoms with E-state index in [1.807, 2.05) is 0 Å². The first-order valence-corrected chi connectivity index (χ1v) is 7.05. The molecule has 1 aliphatic heterocycles. The number of hydrogen-bond acceptors (Lipinski definition) is 6. The van der Waals surface area contributed by atoms with Gasteiger partial charge in [0.1, 0.15) is 10.6 Å². The molecule has 2 heterocycles. The van der Waals surface area contributed by atoms with Gasteiger partial charge >= 0.3 is 0 Å². The predicted octanol–water partition coefficient (Wildman–Crippen LogP) is 1.09. The van der Waals surface area contributed by atoms with E-state index in [9.17, 15) is 4.79 Å². The number of aromatic nitrogens is 1. The molecule has 0 bridgehead atoms. The zero-order valence-electron chi connectivity index (χ0n) is 11.5. The van der Waals surface area contributed by atoms with Crippen LogP contribution < -0.4 is 16.0 Å². The molecule has 1 fully saturated rings. The lowest BCUT2D eigenvalue weighted by Gasteiger charge is -2.40. The first-order chi connectivity index (χ1) is 9.00. The van der Waals surface area contributed by atoms with Crippen LogP contribution in [0.4, 0.5) is 10.8 Å². The maximum Gasteiger partial charge on any atom is 0.257 e. The molecule has 3 N–H and O–H groups in total. The normalized spacial score (nSPS) is 23.4. The number of piperidine rings is 1. The van der Waals surface area contributed by atoms with Gasteiger partial charge in [-0.2, -0.15) is 4.37 Å². The summed E-state index contributed by atoms with van der Waals surface area (Å²) in [5, 5.41) is 3.45. The van der Waals surface area contributed by atoms with Crippen LogP contribution in [-0.4, -0.2) is 43.1 Å². The molecule has 1 unspecified atom stereocenters. The predicted molar refractivity (Wildman–Crippen MR) is 76.8 cm³/mol. The van der Waals surface area contributed by atoms with Gasteiger partial charge in [-0.15, -0.1) is 0 Å². The minimum absolute atomic E-state index is 0.184. The minimum Gasteiger partial charge on any atom is -0.382 e. The SMILES string of the molecule is CNC(=O)c1c(N)nsc1N1CCCC(C)(OC)C1. The van der Waals surface area contributed by atoms with E-state index in [4.69, 9.17) is 10.5 Å². The molecule has 0 aliphatic carbocycles. The largest absolute Gasteiger partial charge is 0.382 e. The van der Waals surface area contributed by atoms with Crippen molar-refractivity contribution in [1.82, 2.24) is 9.69 Å². The summed E-state index contributed by atoms with van der Waals surface area (Å²) in [5.41, 5.74) is 6.10. The van der Waals surface area contributed by atoms with Crippen LogP contribution in [0.15, 0.2) is 0 Å². The average Bonchev–Trinajstić information content (AvgIpc) is 2.80. The molecule has 7 heteroatoms. The molecule has 0 spiro atoms. The number of nitrogens with one attached hydrogen (secondary N) is 1. The van der Waals surface area contributed by atoms with Gasteiger partial charge < -0.3 is 20.7 Å². The van der Waals surface area contributed by atoms with Crippen LogP contribution in [0.2, 0.25) is 0 Å². The van der Waals surface area contributed by atoms with Gasteiger partial charge in [0, 0.05) is 27.2 Å². The van der Waals surface area contributed by atoms with Crippen molar-refractivity contribution in [3.63, 3.8) is 0 Å². The Kier molecular flexibility index (Phi) is 3.96. The number of hydrogen-bond donors (Lipinski definition) is 2. The topological polar surface area (TPSA) is 80.5 Å². The maximum absolute atomic E-state index is 11.9. The van der Waals surface area contributed by atoms with Crippen molar-refractivity contribution in [2.24, 2.45) is 0 Å². The van der Waals surface area contributed by atoms with Crippen LogP contribution in [-0.2, 0) is 4.74 Å². The summed E-state index contributed by atoms with van der Waals surface area (Å²) < 4.78 is 9.69. The lowest BCUT2D eigenvalue weighted by Crippen LogP contribution is -2.47. The van der Waals surface area contributed by atoms with Gasteiger partial charge in [-0.05, 0) is 31.3 Å². The van der Waals surface area contributed by atoms with Gasteiger partial charge in [0.2, 0.25) is 0 Å². The molecule has 0 aromatic carbocycles. The van der Waals surface area contributed by atoms with Crippen LogP contribution >= 0.6 is 11.5 Å². The highest BCUT2D eigenvalue weighted by Crippen LogP contribution is 2.35. The molecule has 1 amide bonds.